The molecule has 0 spiro atoms. The topological polar surface area (TPSA) is 87.3 Å². The minimum Gasteiger partial charge on any atom is -0.377 e. The van der Waals surface area contributed by atoms with Crippen molar-refractivity contribution in [2.45, 2.75) is 56.5 Å². The van der Waals surface area contributed by atoms with Crippen molar-refractivity contribution in [2.24, 2.45) is 18.9 Å². The van der Waals surface area contributed by atoms with Crippen LogP contribution in [0.5, 0.6) is 0 Å². The lowest BCUT2D eigenvalue weighted by Crippen LogP contribution is -2.43. The van der Waals surface area contributed by atoms with Gasteiger partial charge in [-0.25, -0.2) is 0 Å². The molecule has 3 aliphatic heterocycles. The van der Waals surface area contributed by atoms with E-state index in [4.69, 9.17) is 4.74 Å². The number of anilines is 1. The molecule has 0 radical (unpaired) electrons. The number of hydrogen-bond acceptors (Lipinski definition) is 6. The fourth-order valence-electron chi connectivity index (χ4n) is 7.40. The zero-order valence-electron chi connectivity index (χ0n) is 23.3. The van der Waals surface area contributed by atoms with Crippen LogP contribution in [-0.4, -0.2) is 51.4 Å². The van der Waals surface area contributed by atoms with Crippen molar-refractivity contribution >= 4 is 11.6 Å². The number of fused-ring (bicyclic) bond motifs is 3. The van der Waals surface area contributed by atoms with E-state index >= 15 is 0 Å². The molecule has 2 bridgehead atoms. The molecule has 1 aliphatic carbocycles. The predicted molar refractivity (Wildman–Crippen MR) is 146 cm³/mol. The third-order valence-corrected chi connectivity index (χ3v) is 9.48. The van der Waals surface area contributed by atoms with Gasteiger partial charge in [-0.15, -0.1) is 10.2 Å². The molecule has 8 nitrogen and oxygen atoms in total. The van der Waals surface area contributed by atoms with Crippen LogP contribution < -0.4 is 4.90 Å². The number of nitriles is 1. The zero-order valence-corrected chi connectivity index (χ0v) is 23.3. The number of aromatic nitrogens is 3. The number of carbonyl (C=O) groups excluding carboxylic acids is 1. The number of ether oxygens (including phenoxy) is 1. The minimum absolute atomic E-state index is 0.0192. The van der Waals surface area contributed by atoms with Gasteiger partial charge in [0.05, 0.1) is 30.9 Å². The van der Waals surface area contributed by atoms with E-state index in [1.807, 2.05) is 29.8 Å². The maximum atomic E-state index is 14.3. The van der Waals surface area contributed by atoms with Crippen LogP contribution in [0.1, 0.15) is 57.7 Å². The highest BCUT2D eigenvalue weighted by Gasteiger charge is 2.47. The van der Waals surface area contributed by atoms with Crippen LogP contribution in [0, 0.1) is 23.2 Å². The first-order chi connectivity index (χ1) is 20.1. The lowest BCUT2D eigenvalue weighted by atomic mass is 9.57. The highest BCUT2D eigenvalue weighted by molar-refractivity contribution is 6.10. The van der Waals surface area contributed by atoms with Crippen LogP contribution in [0.4, 0.5) is 18.9 Å². The number of amides is 1. The van der Waals surface area contributed by atoms with E-state index in [1.54, 1.807) is 18.5 Å². The van der Waals surface area contributed by atoms with Crippen molar-refractivity contribution in [1.82, 2.24) is 19.7 Å². The lowest BCUT2D eigenvalue weighted by Gasteiger charge is -2.45. The Bertz CT molecular complexity index is 1580. The third kappa shape index (κ3) is 4.67. The van der Waals surface area contributed by atoms with Gasteiger partial charge in [0, 0.05) is 55.7 Å². The number of benzene rings is 2. The van der Waals surface area contributed by atoms with Gasteiger partial charge >= 0.3 is 6.18 Å². The van der Waals surface area contributed by atoms with Gasteiger partial charge < -0.3 is 14.2 Å². The quantitative estimate of drug-likeness (QED) is 0.426. The Balaban J connectivity index is 1.19. The van der Waals surface area contributed by atoms with Crippen molar-refractivity contribution in [3.8, 4) is 6.07 Å². The first-order valence-electron chi connectivity index (χ1n) is 14.3. The second kappa shape index (κ2) is 9.92. The molecule has 218 valence electrons. The molecular formula is C31H31F3N6O2. The van der Waals surface area contributed by atoms with Gasteiger partial charge in [0.2, 0.25) is 0 Å². The Morgan fingerprint density at radius 1 is 1.19 bits per heavy atom. The Labute approximate surface area is 241 Å². The number of likely N-dealkylation sites (tertiary alicyclic amines) is 1. The number of nitrogens with zero attached hydrogens (tertiary/aromatic N) is 6. The maximum absolute atomic E-state index is 14.3. The summed E-state index contributed by atoms with van der Waals surface area (Å²) in [6.07, 6.45) is 0.0248. The van der Waals surface area contributed by atoms with Gasteiger partial charge in [0.15, 0.2) is 0 Å². The first-order valence-corrected chi connectivity index (χ1v) is 14.3. The summed E-state index contributed by atoms with van der Waals surface area (Å²) >= 11 is 0. The summed E-state index contributed by atoms with van der Waals surface area (Å²) in [6.45, 7) is 2.36. The van der Waals surface area contributed by atoms with Gasteiger partial charge in [0.25, 0.3) is 5.91 Å². The Morgan fingerprint density at radius 3 is 2.74 bits per heavy atom. The molecule has 1 saturated carbocycles. The fourth-order valence-corrected chi connectivity index (χ4v) is 7.40. The molecule has 1 amide bonds. The molecule has 7 rings (SSSR count). The van der Waals surface area contributed by atoms with Crippen molar-refractivity contribution in [3.05, 3.63) is 76.4 Å². The largest absolute Gasteiger partial charge is 0.416 e. The molecular weight excluding hydrogens is 545 g/mol. The van der Waals surface area contributed by atoms with E-state index < -0.39 is 17.6 Å². The van der Waals surface area contributed by atoms with Crippen molar-refractivity contribution in [1.29, 1.82) is 5.26 Å². The Hall–Kier alpha value is -3.75. The smallest absolute Gasteiger partial charge is 0.377 e. The molecule has 11 heteroatoms. The number of piperidine rings is 1. The molecule has 4 aliphatic rings. The van der Waals surface area contributed by atoms with Crippen molar-refractivity contribution in [2.75, 3.05) is 24.6 Å². The molecule has 2 unspecified atom stereocenters. The van der Waals surface area contributed by atoms with Crippen LogP contribution in [0.25, 0.3) is 0 Å². The Kier molecular flexibility index (Phi) is 6.40. The number of alkyl halides is 3. The second-order valence-corrected chi connectivity index (χ2v) is 12.4. The fraction of sp³-hybridized carbons (Fsp3) is 0.484. The summed E-state index contributed by atoms with van der Waals surface area (Å²) in [5, 5.41) is 17.7. The molecule has 0 N–H and O–H groups in total. The van der Waals surface area contributed by atoms with E-state index in [-0.39, 0.29) is 35.1 Å². The van der Waals surface area contributed by atoms with Crippen LogP contribution >= 0.6 is 0 Å². The molecule has 42 heavy (non-hydrogen) atoms. The van der Waals surface area contributed by atoms with Gasteiger partial charge in [-0.05, 0) is 66.1 Å². The molecule has 3 fully saturated rings. The summed E-state index contributed by atoms with van der Waals surface area (Å²) in [5.74, 6) is 0.675. The number of hydrogen-bond donors (Lipinski definition) is 0. The molecule has 4 heterocycles. The minimum atomic E-state index is -4.58. The normalized spacial score (nSPS) is 27.2. The monoisotopic (exact) mass is 576 g/mol. The molecule has 2 atom stereocenters. The van der Waals surface area contributed by atoms with Crippen molar-refractivity contribution < 1.29 is 22.7 Å². The van der Waals surface area contributed by atoms with Gasteiger partial charge in [-0.2, -0.15) is 18.4 Å². The number of aryl methyl sites for hydroxylation is 1. The van der Waals surface area contributed by atoms with Crippen LogP contribution in [0.3, 0.4) is 0 Å². The van der Waals surface area contributed by atoms with Gasteiger partial charge in [-0.3, -0.25) is 9.69 Å². The standard InChI is InChI=1S/C31H31F3N6O2/c1-38-18-36-37-28(38)11-30(9-21(10-30)12-35)22-3-2-4-23(8-22)40-16-26-25(29(40)41)6-19(7-27(26)31(32,33)34)13-39-14-20-5-24(15-39)42-17-20/h2-4,6-8,18,20-21,24H,5,9-11,13-17H2,1H3. The van der Waals surface area contributed by atoms with Gasteiger partial charge in [-0.1, -0.05) is 12.1 Å². The molecule has 1 aromatic heterocycles. The summed E-state index contributed by atoms with van der Waals surface area (Å²) in [6, 6.07) is 12.7. The highest BCUT2D eigenvalue weighted by Crippen LogP contribution is 2.50. The maximum Gasteiger partial charge on any atom is 0.416 e. The summed E-state index contributed by atoms with van der Waals surface area (Å²) in [7, 11) is 1.87. The van der Waals surface area contributed by atoms with E-state index in [2.05, 4.69) is 21.2 Å². The summed E-state index contributed by atoms with van der Waals surface area (Å²) in [5.41, 5.74) is 1.00. The van der Waals surface area contributed by atoms with E-state index in [1.165, 1.54) is 11.0 Å². The second-order valence-electron chi connectivity index (χ2n) is 12.4. The zero-order chi connectivity index (χ0) is 29.2. The van der Waals surface area contributed by atoms with Crippen molar-refractivity contribution in [3.63, 3.8) is 0 Å². The van der Waals surface area contributed by atoms with Gasteiger partial charge in [0.1, 0.15) is 12.2 Å². The van der Waals surface area contributed by atoms with E-state index in [9.17, 15) is 23.2 Å². The molecule has 2 aromatic carbocycles. The molecule has 2 saturated heterocycles. The Morgan fingerprint density at radius 2 is 2.02 bits per heavy atom. The number of halogens is 3. The SMILES string of the molecule is Cn1cnnc1CC1(c2cccc(N3Cc4c(cc(CN5CC6COC(C6)C5)cc4C(F)(F)F)C3=O)c2)CC(C#N)C1. The van der Waals surface area contributed by atoms with Crippen LogP contribution in [0.15, 0.2) is 42.7 Å². The van der Waals surface area contributed by atoms with E-state index in [0.717, 1.165) is 24.4 Å². The van der Waals surface area contributed by atoms with Crippen LogP contribution in [-0.2, 0) is 42.9 Å². The summed E-state index contributed by atoms with van der Waals surface area (Å²) in [4.78, 5) is 17.3. The summed E-state index contributed by atoms with van der Waals surface area (Å²) < 4.78 is 50.7. The van der Waals surface area contributed by atoms with E-state index in [0.29, 0.717) is 56.1 Å². The molecule has 3 aromatic rings. The lowest BCUT2D eigenvalue weighted by molar-refractivity contribution is -0.138. The predicted octanol–water partition coefficient (Wildman–Crippen LogP) is 4.63. The number of rotatable bonds is 6. The average Bonchev–Trinajstić information content (AvgIpc) is 3.61. The average molecular weight is 577 g/mol. The first kappa shape index (κ1) is 27.1. The number of carbonyl (C=O) groups is 1. The third-order valence-electron chi connectivity index (χ3n) is 9.48. The highest BCUT2D eigenvalue weighted by atomic mass is 19.4. The van der Waals surface area contributed by atoms with Crippen LogP contribution in [0.2, 0.25) is 0 Å².